The summed E-state index contributed by atoms with van der Waals surface area (Å²) in [6.45, 7) is 4.60. The Labute approximate surface area is 159 Å². The topological polar surface area (TPSA) is 56.7 Å². The van der Waals surface area contributed by atoms with Crippen LogP contribution in [0.5, 0.6) is 0 Å². The first-order valence-electron chi connectivity index (χ1n) is 9.06. The summed E-state index contributed by atoms with van der Waals surface area (Å²) in [6.07, 6.45) is 1.98. The van der Waals surface area contributed by atoms with Crippen molar-refractivity contribution in [2.24, 2.45) is 4.99 Å². The minimum absolute atomic E-state index is 0.104. The number of carbonyl (C=O) groups is 1. The molecule has 2 N–H and O–H groups in total. The third-order valence-electron chi connectivity index (χ3n) is 4.61. The Kier molecular flexibility index (Phi) is 6.28. The van der Waals surface area contributed by atoms with Gasteiger partial charge in [0.15, 0.2) is 5.96 Å². The number of aliphatic imine (C=N–C) groups is 1. The molecule has 2 heterocycles. The average Bonchev–Trinajstić information content (AvgIpc) is 3.15. The van der Waals surface area contributed by atoms with Gasteiger partial charge in [-0.25, -0.2) is 0 Å². The van der Waals surface area contributed by atoms with Crippen LogP contribution in [-0.4, -0.2) is 36.9 Å². The minimum atomic E-state index is 0.104. The molecule has 1 amide bonds. The van der Waals surface area contributed by atoms with E-state index in [9.17, 15) is 4.79 Å². The number of nitrogens with zero attached hydrogens (tertiary/aromatic N) is 2. The zero-order chi connectivity index (χ0) is 18.4. The van der Waals surface area contributed by atoms with Crippen molar-refractivity contribution in [1.29, 1.82) is 0 Å². The SMILES string of the molecule is CCc1ccc(CNC(=NC)NCC(=O)N2CCc3ccccc3C2)s1. The van der Waals surface area contributed by atoms with Crippen LogP contribution in [0.2, 0.25) is 0 Å². The van der Waals surface area contributed by atoms with Crippen LogP contribution in [0.15, 0.2) is 41.4 Å². The predicted molar refractivity (Wildman–Crippen MR) is 107 cm³/mol. The van der Waals surface area contributed by atoms with E-state index >= 15 is 0 Å². The predicted octanol–water partition coefficient (Wildman–Crippen LogP) is 2.56. The highest BCUT2D eigenvalue weighted by Gasteiger charge is 2.20. The number of hydrogen-bond acceptors (Lipinski definition) is 3. The monoisotopic (exact) mass is 370 g/mol. The summed E-state index contributed by atoms with van der Waals surface area (Å²) in [5.41, 5.74) is 2.60. The van der Waals surface area contributed by atoms with Crippen molar-refractivity contribution in [1.82, 2.24) is 15.5 Å². The second-order valence-electron chi connectivity index (χ2n) is 6.33. The van der Waals surface area contributed by atoms with Gasteiger partial charge in [-0.3, -0.25) is 9.79 Å². The maximum Gasteiger partial charge on any atom is 0.242 e. The molecule has 0 saturated carbocycles. The van der Waals surface area contributed by atoms with Gasteiger partial charge in [0.25, 0.3) is 0 Å². The van der Waals surface area contributed by atoms with Gasteiger partial charge in [0.05, 0.1) is 13.1 Å². The summed E-state index contributed by atoms with van der Waals surface area (Å²) >= 11 is 1.81. The standard InChI is InChI=1S/C20H26N4OS/c1-3-17-8-9-18(26-17)12-22-20(21-2)23-13-19(25)24-11-10-15-6-4-5-7-16(15)14-24/h4-9H,3,10-14H2,1-2H3,(H2,21,22,23). The molecule has 0 bridgehead atoms. The van der Waals surface area contributed by atoms with Crippen molar-refractivity contribution in [3.05, 3.63) is 57.3 Å². The Balaban J connectivity index is 1.47. The number of benzene rings is 1. The first kappa shape index (κ1) is 18.5. The molecule has 0 radical (unpaired) electrons. The molecule has 1 aliphatic heterocycles. The highest BCUT2D eigenvalue weighted by Crippen LogP contribution is 2.18. The van der Waals surface area contributed by atoms with E-state index in [1.54, 1.807) is 18.4 Å². The molecule has 0 aliphatic carbocycles. The third kappa shape index (κ3) is 4.64. The van der Waals surface area contributed by atoms with Crippen molar-refractivity contribution in [2.45, 2.75) is 32.9 Å². The van der Waals surface area contributed by atoms with Crippen molar-refractivity contribution in [2.75, 3.05) is 20.1 Å². The molecule has 1 aliphatic rings. The molecule has 0 spiro atoms. The molecule has 5 nitrogen and oxygen atoms in total. The van der Waals surface area contributed by atoms with Gasteiger partial charge in [0.2, 0.25) is 5.91 Å². The van der Waals surface area contributed by atoms with Gasteiger partial charge < -0.3 is 15.5 Å². The molecule has 0 atom stereocenters. The number of amides is 1. The summed E-state index contributed by atoms with van der Waals surface area (Å²) in [6, 6.07) is 12.6. The molecule has 26 heavy (non-hydrogen) atoms. The Morgan fingerprint density at radius 1 is 1.15 bits per heavy atom. The van der Waals surface area contributed by atoms with E-state index in [4.69, 9.17) is 0 Å². The fourth-order valence-corrected chi connectivity index (χ4v) is 3.98. The van der Waals surface area contributed by atoms with Crippen LogP contribution in [0.3, 0.4) is 0 Å². The lowest BCUT2D eigenvalue weighted by atomic mass is 10.00. The summed E-state index contributed by atoms with van der Waals surface area (Å²) in [5.74, 6) is 0.758. The summed E-state index contributed by atoms with van der Waals surface area (Å²) < 4.78 is 0. The fourth-order valence-electron chi connectivity index (χ4n) is 3.08. The molecular weight excluding hydrogens is 344 g/mol. The second kappa shape index (κ2) is 8.85. The summed E-state index contributed by atoms with van der Waals surface area (Å²) in [5, 5.41) is 6.41. The van der Waals surface area contributed by atoms with E-state index in [1.807, 2.05) is 11.0 Å². The molecule has 1 aromatic heterocycles. The van der Waals surface area contributed by atoms with E-state index < -0.39 is 0 Å². The fraction of sp³-hybridized carbons (Fsp3) is 0.400. The number of fused-ring (bicyclic) bond motifs is 1. The number of rotatable bonds is 5. The zero-order valence-electron chi connectivity index (χ0n) is 15.4. The molecule has 138 valence electrons. The molecule has 3 rings (SSSR count). The number of carbonyl (C=O) groups excluding carboxylic acids is 1. The lowest BCUT2D eigenvalue weighted by Crippen LogP contribution is -2.45. The van der Waals surface area contributed by atoms with Gasteiger partial charge in [0.1, 0.15) is 0 Å². The number of hydrogen-bond donors (Lipinski definition) is 2. The van der Waals surface area contributed by atoms with Gasteiger partial charge in [-0.05, 0) is 36.1 Å². The lowest BCUT2D eigenvalue weighted by Gasteiger charge is -2.29. The quantitative estimate of drug-likeness (QED) is 0.628. The summed E-state index contributed by atoms with van der Waals surface area (Å²) in [7, 11) is 1.73. The van der Waals surface area contributed by atoms with Gasteiger partial charge in [-0.1, -0.05) is 31.2 Å². The highest BCUT2D eigenvalue weighted by atomic mass is 32.1. The van der Waals surface area contributed by atoms with E-state index in [-0.39, 0.29) is 12.5 Å². The van der Waals surface area contributed by atoms with Crippen LogP contribution in [0.1, 0.15) is 27.8 Å². The molecule has 0 unspecified atom stereocenters. The highest BCUT2D eigenvalue weighted by molar-refractivity contribution is 7.11. The first-order chi connectivity index (χ1) is 12.7. The van der Waals surface area contributed by atoms with E-state index in [1.165, 1.54) is 20.9 Å². The van der Waals surface area contributed by atoms with Gasteiger partial charge in [0, 0.05) is 29.9 Å². The van der Waals surface area contributed by atoms with Crippen molar-refractivity contribution >= 4 is 23.2 Å². The summed E-state index contributed by atoms with van der Waals surface area (Å²) in [4.78, 5) is 21.3. The van der Waals surface area contributed by atoms with Gasteiger partial charge >= 0.3 is 0 Å². The Bertz CT molecular complexity index is 784. The number of nitrogens with one attached hydrogen (secondary N) is 2. The average molecular weight is 371 g/mol. The zero-order valence-corrected chi connectivity index (χ0v) is 16.2. The van der Waals surface area contributed by atoms with Crippen LogP contribution in [0.25, 0.3) is 0 Å². The Hall–Kier alpha value is -2.34. The maximum absolute atomic E-state index is 12.5. The Morgan fingerprint density at radius 2 is 1.92 bits per heavy atom. The normalized spacial score (nSPS) is 14.1. The molecular formula is C20H26N4OS. The van der Waals surface area contributed by atoms with E-state index in [0.717, 1.165) is 25.9 Å². The second-order valence-corrected chi connectivity index (χ2v) is 7.59. The molecule has 0 saturated heterocycles. The van der Waals surface area contributed by atoms with Crippen LogP contribution >= 0.6 is 11.3 Å². The molecule has 2 aromatic rings. The van der Waals surface area contributed by atoms with E-state index in [2.05, 4.69) is 52.9 Å². The Morgan fingerprint density at radius 3 is 2.65 bits per heavy atom. The first-order valence-corrected chi connectivity index (χ1v) is 9.88. The number of aryl methyl sites for hydroxylation is 1. The van der Waals surface area contributed by atoms with Crippen molar-refractivity contribution < 1.29 is 4.79 Å². The molecule has 1 aromatic carbocycles. The van der Waals surface area contributed by atoms with Gasteiger partial charge in [-0.15, -0.1) is 11.3 Å². The van der Waals surface area contributed by atoms with Crippen LogP contribution < -0.4 is 10.6 Å². The molecule has 6 heteroatoms. The van der Waals surface area contributed by atoms with Crippen LogP contribution in [-0.2, 0) is 30.7 Å². The van der Waals surface area contributed by atoms with Crippen LogP contribution in [0.4, 0.5) is 0 Å². The van der Waals surface area contributed by atoms with Crippen molar-refractivity contribution in [3.8, 4) is 0 Å². The number of guanidine groups is 1. The third-order valence-corrected chi connectivity index (χ3v) is 5.84. The number of thiophene rings is 1. The van der Waals surface area contributed by atoms with Crippen molar-refractivity contribution in [3.63, 3.8) is 0 Å². The minimum Gasteiger partial charge on any atom is -0.352 e. The van der Waals surface area contributed by atoms with E-state index in [0.29, 0.717) is 12.5 Å². The lowest BCUT2D eigenvalue weighted by molar-refractivity contribution is -0.130. The largest absolute Gasteiger partial charge is 0.352 e. The maximum atomic E-state index is 12.5. The van der Waals surface area contributed by atoms with Crippen LogP contribution in [0, 0.1) is 0 Å². The molecule has 0 fully saturated rings. The smallest absolute Gasteiger partial charge is 0.242 e. The van der Waals surface area contributed by atoms with Gasteiger partial charge in [-0.2, -0.15) is 0 Å².